The second kappa shape index (κ2) is 4.58. The highest BCUT2D eigenvalue weighted by atomic mass is 19.4. The number of carbonyl (C=O) groups excluding carboxylic acids is 2. The van der Waals surface area contributed by atoms with Crippen LogP contribution in [-0.4, -0.2) is 33.7 Å². The third kappa shape index (κ3) is 1.68. The van der Waals surface area contributed by atoms with E-state index in [0.717, 1.165) is 11.0 Å². The molecule has 3 heterocycles. The lowest BCUT2D eigenvalue weighted by atomic mass is 9.67. The van der Waals surface area contributed by atoms with Crippen molar-refractivity contribution in [2.45, 2.75) is 43.2 Å². The Labute approximate surface area is 157 Å². The van der Waals surface area contributed by atoms with E-state index in [9.17, 15) is 27.9 Å². The third-order valence-electron chi connectivity index (χ3n) is 7.10. The number of nitrogens with zero attached hydrogens (tertiary/aromatic N) is 2. The fourth-order valence-electron chi connectivity index (χ4n) is 5.75. The zero-order chi connectivity index (χ0) is 20.4. The Bertz CT molecular complexity index is 1020. The number of ether oxygens (including phenoxy) is 1. The zero-order valence-corrected chi connectivity index (χ0v) is 14.9. The number of alkyl halides is 3. The highest BCUT2D eigenvalue weighted by Crippen LogP contribution is 2.76. The molecule has 0 spiro atoms. The fraction of sp³-hybridized carbons (Fsp3) is 0.526. The van der Waals surface area contributed by atoms with Gasteiger partial charge in [-0.2, -0.15) is 13.2 Å². The SMILES string of the molecule is [C-]#[N+]c1ccc(N2C(=O)[C@@H]3[C@H](C2=O)C2(C)OC3(C)[C@H]3C[C@]32O)cc1C(F)(F)F. The lowest BCUT2D eigenvalue weighted by Crippen LogP contribution is -2.51. The number of halogens is 3. The van der Waals surface area contributed by atoms with E-state index in [-0.39, 0.29) is 11.6 Å². The van der Waals surface area contributed by atoms with E-state index in [1.54, 1.807) is 13.8 Å². The van der Waals surface area contributed by atoms with Crippen molar-refractivity contribution in [3.05, 3.63) is 35.2 Å². The molecule has 1 N–H and O–H groups in total. The number of benzene rings is 1. The predicted octanol–water partition coefficient (Wildman–Crippen LogP) is 2.67. The van der Waals surface area contributed by atoms with E-state index in [1.165, 1.54) is 6.07 Å². The average molecular weight is 392 g/mol. The monoisotopic (exact) mass is 392 g/mol. The van der Waals surface area contributed by atoms with Gasteiger partial charge in [-0.1, -0.05) is 6.07 Å². The molecule has 6 atom stereocenters. The summed E-state index contributed by atoms with van der Waals surface area (Å²) in [5, 5.41) is 10.8. The number of rotatable bonds is 1. The van der Waals surface area contributed by atoms with Gasteiger partial charge in [0.15, 0.2) is 5.69 Å². The van der Waals surface area contributed by atoms with Gasteiger partial charge >= 0.3 is 6.18 Å². The van der Waals surface area contributed by atoms with E-state index >= 15 is 0 Å². The van der Waals surface area contributed by atoms with E-state index < -0.39 is 57.9 Å². The van der Waals surface area contributed by atoms with Gasteiger partial charge in [-0.15, -0.1) is 0 Å². The van der Waals surface area contributed by atoms with Crippen molar-refractivity contribution in [1.29, 1.82) is 0 Å². The van der Waals surface area contributed by atoms with Crippen LogP contribution in [0.2, 0.25) is 0 Å². The summed E-state index contributed by atoms with van der Waals surface area (Å²) in [7, 11) is 0. The molecule has 3 aliphatic heterocycles. The molecule has 1 aromatic rings. The topological polar surface area (TPSA) is 71.2 Å². The molecule has 5 rings (SSSR count). The minimum atomic E-state index is -4.80. The predicted molar refractivity (Wildman–Crippen MR) is 88.1 cm³/mol. The number of fused-ring (bicyclic) bond motifs is 8. The van der Waals surface area contributed by atoms with Gasteiger partial charge in [0.25, 0.3) is 0 Å². The molecular formula is C19H15F3N2O4. The van der Waals surface area contributed by atoms with Crippen LogP contribution in [0.3, 0.4) is 0 Å². The Morgan fingerprint density at radius 3 is 2.50 bits per heavy atom. The molecule has 4 aliphatic rings. The van der Waals surface area contributed by atoms with Crippen LogP contribution in [0.5, 0.6) is 0 Å². The minimum absolute atomic E-state index is 0.226. The van der Waals surface area contributed by atoms with Crippen LogP contribution in [0, 0.1) is 24.3 Å². The maximum Gasteiger partial charge on any atom is 0.407 e. The van der Waals surface area contributed by atoms with Crippen molar-refractivity contribution in [3.63, 3.8) is 0 Å². The van der Waals surface area contributed by atoms with Crippen molar-refractivity contribution >= 4 is 23.2 Å². The molecule has 3 saturated heterocycles. The molecular weight excluding hydrogens is 377 g/mol. The van der Waals surface area contributed by atoms with Crippen molar-refractivity contribution in [1.82, 2.24) is 0 Å². The molecule has 6 nitrogen and oxygen atoms in total. The number of hydrogen-bond acceptors (Lipinski definition) is 4. The van der Waals surface area contributed by atoms with Gasteiger partial charge in [-0.25, -0.2) is 9.74 Å². The largest absolute Gasteiger partial charge is 0.407 e. The summed E-state index contributed by atoms with van der Waals surface area (Å²) in [5.74, 6) is -3.39. The summed E-state index contributed by atoms with van der Waals surface area (Å²) in [6.45, 7) is 10.2. The fourth-order valence-corrected chi connectivity index (χ4v) is 5.75. The van der Waals surface area contributed by atoms with Crippen LogP contribution in [-0.2, 0) is 20.5 Å². The Balaban J connectivity index is 1.61. The minimum Gasteiger partial charge on any atom is -0.386 e. The second-order valence-electron chi connectivity index (χ2n) is 8.35. The van der Waals surface area contributed by atoms with Crippen molar-refractivity contribution in [2.75, 3.05) is 4.90 Å². The standard InChI is InChI=1S/C19H15F3N2O4/c1-16-11-7-18(11,27)17(2,28-16)13-12(16)14(25)24(15(13)26)8-4-5-10(23-3)9(6-8)19(20,21)22/h4-6,11-13,27H,7H2,1-2H3/t11-,12+,13-,16?,17?,18+/m1/s1. The summed E-state index contributed by atoms with van der Waals surface area (Å²) in [6.07, 6.45) is -4.36. The first kappa shape index (κ1) is 17.6. The molecule has 0 aromatic heterocycles. The molecule has 28 heavy (non-hydrogen) atoms. The number of anilines is 1. The normalized spacial score (nSPS) is 43.2. The molecule has 4 fully saturated rings. The maximum absolute atomic E-state index is 13.3. The Kier molecular flexibility index (Phi) is 2.89. The molecule has 2 unspecified atom stereocenters. The van der Waals surface area contributed by atoms with Crippen LogP contribution >= 0.6 is 0 Å². The highest BCUT2D eigenvalue weighted by molar-refractivity contribution is 6.23. The van der Waals surface area contributed by atoms with E-state index in [2.05, 4.69) is 4.85 Å². The quantitative estimate of drug-likeness (QED) is 0.589. The molecule has 1 aliphatic carbocycles. The highest BCUT2D eigenvalue weighted by Gasteiger charge is 2.90. The summed E-state index contributed by atoms with van der Waals surface area (Å²) >= 11 is 0. The smallest absolute Gasteiger partial charge is 0.386 e. The molecule has 0 radical (unpaired) electrons. The number of amides is 2. The number of carbonyl (C=O) groups is 2. The van der Waals surface area contributed by atoms with Gasteiger partial charge < -0.3 is 9.84 Å². The number of aliphatic hydroxyl groups is 1. The molecule has 9 heteroatoms. The first-order chi connectivity index (χ1) is 12.9. The lowest BCUT2D eigenvalue weighted by molar-refractivity contribution is -0.141. The van der Waals surface area contributed by atoms with Crippen LogP contribution in [0.1, 0.15) is 25.8 Å². The van der Waals surface area contributed by atoms with Gasteiger partial charge in [-0.05, 0) is 32.4 Å². The number of imide groups is 1. The summed E-state index contributed by atoms with van der Waals surface area (Å²) in [5.41, 5.74) is -5.50. The third-order valence-corrected chi connectivity index (χ3v) is 7.10. The van der Waals surface area contributed by atoms with Crippen LogP contribution in [0.15, 0.2) is 18.2 Å². The zero-order valence-electron chi connectivity index (χ0n) is 14.9. The van der Waals surface area contributed by atoms with Crippen LogP contribution in [0.25, 0.3) is 4.85 Å². The molecule has 1 saturated carbocycles. The molecule has 146 valence electrons. The maximum atomic E-state index is 13.3. The summed E-state index contributed by atoms with van der Waals surface area (Å²) in [6, 6.07) is 2.79. The van der Waals surface area contributed by atoms with Gasteiger partial charge in [-0.3, -0.25) is 9.59 Å². The molecule has 2 amide bonds. The van der Waals surface area contributed by atoms with E-state index in [1.807, 2.05) is 0 Å². The van der Waals surface area contributed by atoms with Crippen molar-refractivity contribution in [3.8, 4) is 0 Å². The summed E-state index contributed by atoms with van der Waals surface area (Å²) < 4.78 is 45.9. The van der Waals surface area contributed by atoms with E-state index in [0.29, 0.717) is 12.5 Å². The second-order valence-corrected chi connectivity index (χ2v) is 8.35. The van der Waals surface area contributed by atoms with Crippen molar-refractivity contribution < 1.29 is 32.6 Å². The van der Waals surface area contributed by atoms with Gasteiger partial charge in [0.05, 0.1) is 29.6 Å². The first-order valence-corrected chi connectivity index (χ1v) is 8.79. The Morgan fingerprint density at radius 1 is 1.25 bits per heavy atom. The van der Waals surface area contributed by atoms with Gasteiger partial charge in [0.2, 0.25) is 11.8 Å². The molecule has 1 aromatic carbocycles. The Morgan fingerprint density at radius 2 is 1.89 bits per heavy atom. The van der Waals surface area contributed by atoms with Gasteiger partial charge in [0.1, 0.15) is 11.2 Å². The van der Waals surface area contributed by atoms with Crippen LogP contribution < -0.4 is 4.90 Å². The number of hydrogen-bond donors (Lipinski definition) is 1. The van der Waals surface area contributed by atoms with E-state index in [4.69, 9.17) is 11.3 Å². The first-order valence-electron chi connectivity index (χ1n) is 8.79. The van der Waals surface area contributed by atoms with Crippen LogP contribution in [0.4, 0.5) is 24.5 Å². The Hall–Kier alpha value is -2.44. The summed E-state index contributed by atoms with van der Waals surface area (Å²) in [4.78, 5) is 29.9. The molecule has 2 bridgehead atoms. The average Bonchev–Trinajstić information content (AvgIpc) is 3.11. The van der Waals surface area contributed by atoms with Gasteiger partial charge in [0, 0.05) is 11.6 Å². The van der Waals surface area contributed by atoms with Crippen molar-refractivity contribution in [2.24, 2.45) is 17.8 Å². The lowest BCUT2D eigenvalue weighted by Gasteiger charge is -2.32.